The fourth-order valence-corrected chi connectivity index (χ4v) is 1.93. The highest BCUT2D eigenvalue weighted by Gasteiger charge is 2.13. The third kappa shape index (κ3) is 3.03. The minimum Gasteiger partial charge on any atom is -0.440 e. The highest BCUT2D eigenvalue weighted by molar-refractivity contribution is 8.10. The molecule has 0 aliphatic rings. The average Bonchev–Trinajstić information content (AvgIpc) is 2.21. The van der Waals surface area contributed by atoms with Crippen LogP contribution in [0.3, 0.4) is 0 Å². The summed E-state index contributed by atoms with van der Waals surface area (Å²) >= 11 is 5.26. The van der Waals surface area contributed by atoms with E-state index in [0.29, 0.717) is 5.75 Å². The highest BCUT2D eigenvalue weighted by atomic mass is 32.4. The number of pyridine rings is 1. The molecule has 0 saturated carbocycles. The van der Waals surface area contributed by atoms with Gasteiger partial charge in [0.25, 0.3) is 0 Å². The molecule has 0 radical (unpaired) electrons. The van der Waals surface area contributed by atoms with E-state index in [0.717, 1.165) is 5.69 Å². The fourth-order valence-electron chi connectivity index (χ4n) is 0.860. The number of hydrogen-bond donors (Lipinski definition) is 2. The van der Waals surface area contributed by atoms with Crippen LogP contribution in [-0.2, 0) is 11.8 Å². The van der Waals surface area contributed by atoms with Crippen molar-refractivity contribution in [1.82, 2.24) is 15.2 Å². The predicted molar refractivity (Wildman–Crippen MR) is 62.0 cm³/mol. The largest absolute Gasteiger partial charge is 0.440 e. The lowest BCUT2D eigenvalue weighted by molar-refractivity contribution is 0.588. The lowest BCUT2D eigenvalue weighted by Gasteiger charge is -2.20. The van der Waals surface area contributed by atoms with E-state index in [1.807, 2.05) is 19.1 Å². The smallest absolute Gasteiger partial charge is 0.247 e. The third-order valence-corrected chi connectivity index (χ3v) is 4.67. The van der Waals surface area contributed by atoms with E-state index >= 15 is 0 Å². The monoisotopic (exact) mass is 231 g/mol. The molecule has 2 N–H and O–H groups in total. The van der Waals surface area contributed by atoms with E-state index < -0.39 is 6.57 Å². The molecule has 0 aliphatic heterocycles. The first-order valence-electron chi connectivity index (χ1n) is 4.20. The van der Waals surface area contributed by atoms with E-state index in [-0.39, 0.29) is 0 Å². The molecule has 1 aromatic heterocycles. The Morgan fingerprint density at radius 3 is 2.43 bits per heavy atom. The molecule has 0 aliphatic carbocycles. The van der Waals surface area contributed by atoms with Crippen molar-refractivity contribution in [2.24, 2.45) is 0 Å². The molecule has 0 saturated heterocycles. The molecular formula is C8H14N3OPS. The Morgan fingerprint density at radius 1 is 1.36 bits per heavy atom. The number of nitrogens with zero attached hydrogens (tertiary/aromatic N) is 1. The molecule has 14 heavy (non-hydrogen) atoms. The Morgan fingerprint density at radius 2 is 2.00 bits per heavy atom. The lowest BCUT2D eigenvalue weighted by Crippen LogP contribution is -2.19. The number of rotatable bonds is 4. The van der Waals surface area contributed by atoms with Crippen LogP contribution in [0.1, 0.15) is 5.69 Å². The molecule has 0 fully saturated rings. The fraction of sp³-hybridized carbons (Fsp3) is 0.375. The van der Waals surface area contributed by atoms with Gasteiger partial charge < -0.3 is 4.52 Å². The van der Waals surface area contributed by atoms with E-state index in [9.17, 15) is 0 Å². The van der Waals surface area contributed by atoms with Gasteiger partial charge in [0, 0.05) is 5.69 Å². The van der Waals surface area contributed by atoms with Gasteiger partial charge in [0.05, 0.1) is 6.20 Å². The second-order valence-electron chi connectivity index (χ2n) is 2.73. The van der Waals surface area contributed by atoms with Crippen LogP contribution in [0.5, 0.6) is 5.75 Å². The van der Waals surface area contributed by atoms with Crippen molar-refractivity contribution in [3.8, 4) is 5.75 Å². The summed E-state index contributed by atoms with van der Waals surface area (Å²) in [6.07, 6.45) is 1.67. The molecule has 0 spiro atoms. The van der Waals surface area contributed by atoms with Gasteiger partial charge >= 0.3 is 0 Å². The van der Waals surface area contributed by atoms with Crippen LogP contribution in [0.15, 0.2) is 18.3 Å². The zero-order valence-electron chi connectivity index (χ0n) is 8.44. The predicted octanol–water partition coefficient (Wildman–Crippen LogP) is 1.43. The lowest BCUT2D eigenvalue weighted by atomic mass is 10.4. The van der Waals surface area contributed by atoms with Crippen LogP contribution in [0.4, 0.5) is 0 Å². The minimum atomic E-state index is -2.12. The Labute approximate surface area is 89.3 Å². The second-order valence-corrected chi connectivity index (χ2v) is 6.45. The topological polar surface area (TPSA) is 46.2 Å². The zero-order valence-corrected chi connectivity index (χ0v) is 10.2. The van der Waals surface area contributed by atoms with Gasteiger partial charge in [-0.2, -0.15) is 0 Å². The highest BCUT2D eigenvalue weighted by Crippen LogP contribution is 2.37. The van der Waals surface area contributed by atoms with Crippen LogP contribution in [0.25, 0.3) is 0 Å². The minimum absolute atomic E-state index is 0.683. The molecular weight excluding hydrogens is 217 g/mol. The van der Waals surface area contributed by atoms with Crippen molar-refractivity contribution in [2.75, 3.05) is 14.1 Å². The Kier molecular flexibility index (Phi) is 4.01. The summed E-state index contributed by atoms with van der Waals surface area (Å²) in [4.78, 5) is 4.12. The van der Waals surface area contributed by atoms with Crippen LogP contribution < -0.4 is 14.7 Å². The van der Waals surface area contributed by atoms with E-state index in [2.05, 4.69) is 15.2 Å². The number of nitrogens with one attached hydrogen (secondary N) is 2. The van der Waals surface area contributed by atoms with Crippen molar-refractivity contribution in [2.45, 2.75) is 6.92 Å². The van der Waals surface area contributed by atoms with E-state index in [1.54, 1.807) is 20.3 Å². The summed E-state index contributed by atoms with van der Waals surface area (Å²) in [5.41, 5.74) is 0.958. The maximum absolute atomic E-state index is 5.60. The molecule has 0 amide bonds. The first-order valence-corrected chi connectivity index (χ1v) is 6.92. The first-order chi connectivity index (χ1) is 6.59. The molecule has 1 rings (SSSR count). The van der Waals surface area contributed by atoms with Gasteiger partial charge in [-0.15, -0.1) is 0 Å². The van der Waals surface area contributed by atoms with Gasteiger partial charge in [0.15, 0.2) is 0 Å². The average molecular weight is 231 g/mol. The third-order valence-electron chi connectivity index (χ3n) is 1.71. The van der Waals surface area contributed by atoms with Crippen molar-refractivity contribution < 1.29 is 4.52 Å². The van der Waals surface area contributed by atoms with E-state index in [1.165, 1.54) is 0 Å². The van der Waals surface area contributed by atoms with Crippen LogP contribution in [0.2, 0.25) is 0 Å². The van der Waals surface area contributed by atoms with Crippen LogP contribution in [0, 0.1) is 6.92 Å². The molecule has 6 heteroatoms. The molecule has 0 bridgehead atoms. The Hall–Kier alpha value is -0.480. The van der Waals surface area contributed by atoms with Gasteiger partial charge in [-0.3, -0.25) is 4.98 Å². The summed E-state index contributed by atoms with van der Waals surface area (Å²) in [5, 5.41) is 5.91. The molecule has 0 unspecified atom stereocenters. The van der Waals surface area contributed by atoms with Crippen LogP contribution >= 0.6 is 6.57 Å². The number of hydrogen-bond acceptors (Lipinski definition) is 3. The molecule has 1 heterocycles. The number of aromatic nitrogens is 1. The molecule has 0 aromatic carbocycles. The number of aryl methyl sites for hydroxylation is 1. The normalized spacial score (nSPS) is 11.4. The molecule has 1 aromatic rings. The summed E-state index contributed by atoms with van der Waals surface area (Å²) in [6.45, 7) is -0.198. The van der Waals surface area contributed by atoms with E-state index in [4.69, 9.17) is 16.3 Å². The summed E-state index contributed by atoms with van der Waals surface area (Å²) in [7, 11) is 3.55. The van der Waals surface area contributed by atoms with Crippen molar-refractivity contribution in [3.63, 3.8) is 0 Å². The summed E-state index contributed by atoms with van der Waals surface area (Å²) in [5.74, 6) is 0.683. The Bertz CT molecular complexity index is 333. The summed E-state index contributed by atoms with van der Waals surface area (Å²) < 4.78 is 5.60. The summed E-state index contributed by atoms with van der Waals surface area (Å²) in [6, 6.07) is 3.75. The van der Waals surface area contributed by atoms with Crippen molar-refractivity contribution in [1.29, 1.82) is 0 Å². The van der Waals surface area contributed by atoms with Gasteiger partial charge in [-0.1, -0.05) is 0 Å². The molecule has 78 valence electrons. The maximum Gasteiger partial charge on any atom is 0.247 e. The van der Waals surface area contributed by atoms with Crippen LogP contribution in [-0.4, -0.2) is 19.1 Å². The molecule has 4 nitrogen and oxygen atoms in total. The molecule has 0 atom stereocenters. The van der Waals surface area contributed by atoms with Crippen molar-refractivity contribution in [3.05, 3.63) is 24.0 Å². The quantitative estimate of drug-likeness (QED) is 0.768. The standard InChI is InChI=1S/C8H14N3OPS/c1-7-4-5-8(6-11-7)12-13(14,9-2)10-3/h4-6H,1-3H3,(H2,9,10,14). The van der Waals surface area contributed by atoms with Gasteiger partial charge in [0.1, 0.15) is 5.75 Å². The van der Waals surface area contributed by atoms with Gasteiger partial charge in [-0.05, 0) is 45.0 Å². The zero-order chi connectivity index (χ0) is 10.6. The van der Waals surface area contributed by atoms with Gasteiger partial charge in [0.2, 0.25) is 6.57 Å². The van der Waals surface area contributed by atoms with Gasteiger partial charge in [-0.25, -0.2) is 10.2 Å². The second kappa shape index (κ2) is 4.84. The Balaban J connectivity index is 2.78. The van der Waals surface area contributed by atoms with Crippen molar-refractivity contribution >= 4 is 18.4 Å². The SMILES string of the molecule is CNP(=S)(NC)Oc1ccc(C)nc1. The first kappa shape index (κ1) is 11.6. The maximum atomic E-state index is 5.60.